The molecule has 2 nitrogen and oxygen atoms in total. The molecule has 0 radical (unpaired) electrons. The highest BCUT2D eigenvalue weighted by atomic mass is 32.2. The summed E-state index contributed by atoms with van der Waals surface area (Å²) in [5, 5.41) is 8.72. The first-order chi connectivity index (χ1) is 8.29. The van der Waals surface area contributed by atoms with E-state index in [1.54, 1.807) is 36.3 Å². The van der Waals surface area contributed by atoms with E-state index in [4.69, 9.17) is 5.26 Å². The van der Waals surface area contributed by atoms with Crippen LogP contribution in [0.4, 0.5) is 4.39 Å². The number of nitrogens with zero attached hydrogens (tertiary/aromatic N) is 2. The first kappa shape index (κ1) is 11.6. The molecule has 0 saturated heterocycles. The van der Waals surface area contributed by atoms with Crippen LogP contribution in [-0.4, -0.2) is 4.98 Å². The third kappa shape index (κ3) is 3.05. The van der Waals surface area contributed by atoms with Crippen molar-refractivity contribution in [3.63, 3.8) is 0 Å². The fourth-order valence-electron chi connectivity index (χ4n) is 1.35. The number of thioether (sulfide) groups is 1. The standard InChI is InChI=1S/C13H9FN2S/c14-13-2-1-10(7-11(13)8-15)9-17-12-3-5-16-6-4-12/h1-7H,9H2. The van der Waals surface area contributed by atoms with Crippen molar-refractivity contribution in [3.8, 4) is 6.07 Å². The molecule has 0 aliphatic heterocycles. The van der Waals surface area contributed by atoms with E-state index >= 15 is 0 Å². The minimum atomic E-state index is -0.467. The third-order valence-electron chi connectivity index (χ3n) is 2.21. The zero-order chi connectivity index (χ0) is 12.1. The summed E-state index contributed by atoms with van der Waals surface area (Å²) in [6.45, 7) is 0. The molecule has 0 bridgehead atoms. The van der Waals surface area contributed by atoms with Gasteiger partial charge in [-0.15, -0.1) is 11.8 Å². The molecule has 2 rings (SSSR count). The average molecular weight is 244 g/mol. The monoisotopic (exact) mass is 244 g/mol. The second kappa shape index (κ2) is 5.46. The van der Waals surface area contributed by atoms with Crippen LogP contribution in [0.5, 0.6) is 0 Å². The lowest BCUT2D eigenvalue weighted by atomic mass is 10.1. The van der Waals surface area contributed by atoms with Gasteiger partial charge in [-0.25, -0.2) is 4.39 Å². The molecule has 4 heteroatoms. The van der Waals surface area contributed by atoms with Crippen LogP contribution in [0, 0.1) is 17.1 Å². The van der Waals surface area contributed by atoms with Crippen LogP contribution in [0.15, 0.2) is 47.6 Å². The van der Waals surface area contributed by atoms with Crippen molar-refractivity contribution in [3.05, 3.63) is 59.7 Å². The molecule has 0 amide bonds. The molecule has 0 N–H and O–H groups in total. The highest BCUT2D eigenvalue weighted by Gasteiger charge is 2.03. The molecule has 0 aliphatic rings. The van der Waals surface area contributed by atoms with Crippen molar-refractivity contribution in [1.82, 2.24) is 4.98 Å². The molecule has 0 aliphatic carbocycles. The van der Waals surface area contributed by atoms with Gasteiger partial charge in [-0.3, -0.25) is 4.98 Å². The maximum atomic E-state index is 13.1. The number of hydrogen-bond donors (Lipinski definition) is 0. The van der Waals surface area contributed by atoms with E-state index in [1.165, 1.54) is 6.07 Å². The molecular weight excluding hydrogens is 235 g/mol. The summed E-state index contributed by atoms with van der Waals surface area (Å²) < 4.78 is 13.1. The molecule has 0 unspecified atom stereocenters. The fraction of sp³-hybridized carbons (Fsp3) is 0.0769. The molecule has 1 aromatic heterocycles. The number of rotatable bonds is 3. The van der Waals surface area contributed by atoms with Crippen LogP contribution in [-0.2, 0) is 5.75 Å². The molecule has 1 heterocycles. The van der Waals surface area contributed by atoms with Crippen LogP contribution in [0.1, 0.15) is 11.1 Å². The topological polar surface area (TPSA) is 36.7 Å². The Hall–Kier alpha value is -1.86. The lowest BCUT2D eigenvalue weighted by Crippen LogP contribution is -1.87. The number of pyridine rings is 1. The smallest absolute Gasteiger partial charge is 0.140 e. The maximum absolute atomic E-state index is 13.1. The lowest BCUT2D eigenvalue weighted by Gasteiger charge is -2.02. The van der Waals surface area contributed by atoms with Crippen molar-refractivity contribution in [2.45, 2.75) is 10.6 Å². The predicted molar refractivity (Wildman–Crippen MR) is 64.9 cm³/mol. The van der Waals surface area contributed by atoms with Gasteiger partial charge in [0.15, 0.2) is 0 Å². The quantitative estimate of drug-likeness (QED) is 0.776. The Labute approximate surface area is 103 Å². The lowest BCUT2D eigenvalue weighted by molar-refractivity contribution is 0.623. The van der Waals surface area contributed by atoms with E-state index in [-0.39, 0.29) is 5.56 Å². The highest BCUT2D eigenvalue weighted by Crippen LogP contribution is 2.22. The van der Waals surface area contributed by atoms with Gasteiger partial charge < -0.3 is 0 Å². The largest absolute Gasteiger partial charge is 0.265 e. The number of hydrogen-bond acceptors (Lipinski definition) is 3. The number of aromatic nitrogens is 1. The average Bonchev–Trinajstić information content (AvgIpc) is 2.39. The summed E-state index contributed by atoms with van der Waals surface area (Å²) in [4.78, 5) is 5.03. The molecule has 84 valence electrons. The van der Waals surface area contributed by atoms with E-state index in [0.717, 1.165) is 10.5 Å². The molecule has 1 aromatic carbocycles. The Morgan fingerprint density at radius 1 is 1.24 bits per heavy atom. The van der Waals surface area contributed by atoms with Gasteiger partial charge in [-0.05, 0) is 29.8 Å². The maximum Gasteiger partial charge on any atom is 0.140 e. The van der Waals surface area contributed by atoms with Gasteiger partial charge in [-0.1, -0.05) is 6.07 Å². The van der Waals surface area contributed by atoms with Gasteiger partial charge in [0.25, 0.3) is 0 Å². The Kier molecular flexibility index (Phi) is 3.73. The van der Waals surface area contributed by atoms with Crippen LogP contribution in [0.2, 0.25) is 0 Å². The van der Waals surface area contributed by atoms with Gasteiger partial charge in [0.2, 0.25) is 0 Å². The van der Waals surface area contributed by atoms with Crippen molar-refractivity contribution in [2.24, 2.45) is 0 Å². The van der Waals surface area contributed by atoms with E-state index in [0.29, 0.717) is 5.75 Å². The van der Waals surface area contributed by atoms with E-state index in [1.807, 2.05) is 18.2 Å². The normalized spacial score (nSPS) is 9.88. The molecular formula is C13H9FN2S. The van der Waals surface area contributed by atoms with E-state index in [9.17, 15) is 4.39 Å². The molecule has 17 heavy (non-hydrogen) atoms. The van der Waals surface area contributed by atoms with Gasteiger partial charge >= 0.3 is 0 Å². The summed E-state index contributed by atoms with van der Waals surface area (Å²) in [5.74, 6) is 0.240. The molecule has 2 aromatic rings. The molecule has 0 spiro atoms. The Balaban J connectivity index is 2.08. The third-order valence-corrected chi connectivity index (χ3v) is 3.29. The minimum Gasteiger partial charge on any atom is -0.265 e. The van der Waals surface area contributed by atoms with Gasteiger partial charge in [-0.2, -0.15) is 5.26 Å². The Morgan fingerprint density at radius 3 is 2.71 bits per heavy atom. The van der Waals surface area contributed by atoms with Crippen LogP contribution >= 0.6 is 11.8 Å². The number of nitriles is 1. The summed E-state index contributed by atoms with van der Waals surface area (Å²) in [6.07, 6.45) is 3.46. The van der Waals surface area contributed by atoms with Crippen molar-refractivity contribution in [2.75, 3.05) is 0 Å². The predicted octanol–water partition coefficient (Wildman–Crippen LogP) is 3.38. The van der Waals surface area contributed by atoms with Crippen molar-refractivity contribution in [1.29, 1.82) is 5.26 Å². The minimum absolute atomic E-state index is 0.0952. The molecule has 0 saturated carbocycles. The van der Waals surface area contributed by atoms with Crippen LogP contribution < -0.4 is 0 Å². The summed E-state index contributed by atoms with van der Waals surface area (Å²) in [5.41, 5.74) is 1.03. The molecule has 0 atom stereocenters. The van der Waals surface area contributed by atoms with Gasteiger partial charge in [0.1, 0.15) is 11.9 Å². The second-order valence-corrected chi connectivity index (χ2v) is 4.45. The Bertz CT molecular complexity index is 549. The van der Waals surface area contributed by atoms with Crippen molar-refractivity contribution >= 4 is 11.8 Å². The summed E-state index contributed by atoms with van der Waals surface area (Å²) >= 11 is 1.63. The van der Waals surface area contributed by atoms with E-state index < -0.39 is 5.82 Å². The fourth-order valence-corrected chi connectivity index (χ4v) is 2.18. The zero-order valence-corrected chi connectivity index (χ0v) is 9.75. The highest BCUT2D eigenvalue weighted by molar-refractivity contribution is 7.98. The Morgan fingerprint density at radius 2 is 2.00 bits per heavy atom. The van der Waals surface area contributed by atoms with Crippen LogP contribution in [0.3, 0.4) is 0 Å². The summed E-state index contributed by atoms with van der Waals surface area (Å²) in [7, 11) is 0. The second-order valence-electron chi connectivity index (χ2n) is 3.40. The van der Waals surface area contributed by atoms with E-state index in [2.05, 4.69) is 4.98 Å². The zero-order valence-electron chi connectivity index (χ0n) is 8.93. The molecule has 0 fully saturated rings. The number of benzene rings is 1. The van der Waals surface area contributed by atoms with Crippen molar-refractivity contribution < 1.29 is 4.39 Å². The SMILES string of the molecule is N#Cc1cc(CSc2ccncc2)ccc1F. The first-order valence-electron chi connectivity index (χ1n) is 5.01. The van der Waals surface area contributed by atoms with Gasteiger partial charge in [0, 0.05) is 23.0 Å². The van der Waals surface area contributed by atoms with Crippen LogP contribution in [0.25, 0.3) is 0 Å². The number of halogens is 1. The van der Waals surface area contributed by atoms with Gasteiger partial charge in [0.05, 0.1) is 5.56 Å². The first-order valence-corrected chi connectivity index (χ1v) is 5.99. The summed E-state index contributed by atoms with van der Waals surface area (Å²) in [6, 6.07) is 10.3.